The first-order valence-electron chi connectivity index (χ1n) is 7.29. The minimum atomic E-state index is 0.251. The molecule has 0 radical (unpaired) electrons. The lowest BCUT2D eigenvalue weighted by Gasteiger charge is -2.21. The summed E-state index contributed by atoms with van der Waals surface area (Å²) in [5, 5.41) is 5.74. The zero-order valence-electron chi connectivity index (χ0n) is 11.8. The highest BCUT2D eigenvalue weighted by molar-refractivity contribution is 6.06. The Balaban J connectivity index is 2.22. The average molecular weight is 265 g/mol. The van der Waals surface area contributed by atoms with Gasteiger partial charge in [-0.05, 0) is 41.7 Å². The van der Waals surface area contributed by atoms with Crippen molar-refractivity contribution in [3.63, 3.8) is 0 Å². The summed E-state index contributed by atoms with van der Waals surface area (Å²) in [7, 11) is 0. The molecule has 0 amide bonds. The SMILES string of the molecule is CCNC1=C(c2cccc3ccccc23)CCCC1=O. The second-order valence-electron chi connectivity index (χ2n) is 5.19. The number of ketones is 1. The normalized spacial score (nSPS) is 15.8. The molecule has 20 heavy (non-hydrogen) atoms. The molecule has 0 bridgehead atoms. The van der Waals surface area contributed by atoms with Crippen LogP contribution in [0.2, 0.25) is 0 Å². The molecule has 102 valence electrons. The van der Waals surface area contributed by atoms with Crippen molar-refractivity contribution in [1.82, 2.24) is 5.32 Å². The van der Waals surface area contributed by atoms with E-state index in [1.807, 2.05) is 6.92 Å². The van der Waals surface area contributed by atoms with Crippen molar-refractivity contribution in [2.75, 3.05) is 6.54 Å². The number of allylic oxidation sites excluding steroid dienone is 2. The Morgan fingerprint density at radius 3 is 2.70 bits per heavy atom. The van der Waals surface area contributed by atoms with E-state index in [2.05, 4.69) is 47.8 Å². The van der Waals surface area contributed by atoms with Crippen LogP contribution in [0.15, 0.2) is 48.2 Å². The molecule has 0 unspecified atom stereocenters. The molecule has 0 aliphatic heterocycles. The smallest absolute Gasteiger partial charge is 0.178 e. The monoisotopic (exact) mass is 265 g/mol. The van der Waals surface area contributed by atoms with Crippen LogP contribution in [0, 0.1) is 0 Å². The van der Waals surface area contributed by atoms with Gasteiger partial charge in [-0.2, -0.15) is 0 Å². The number of likely N-dealkylation sites (N-methyl/N-ethyl adjacent to an activating group) is 1. The van der Waals surface area contributed by atoms with Crippen LogP contribution in [0.1, 0.15) is 31.7 Å². The van der Waals surface area contributed by atoms with Crippen LogP contribution in [-0.4, -0.2) is 12.3 Å². The predicted octanol–water partition coefficient (Wildman–Crippen LogP) is 3.91. The van der Waals surface area contributed by atoms with Gasteiger partial charge in [-0.3, -0.25) is 4.79 Å². The summed E-state index contributed by atoms with van der Waals surface area (Å²) >= 11 is 0. The Labute approximate surface area is 119 Å². The van der Waals surface area contributed by atoms with Crippen molar-refractivity contribution in [2.45, 2.75) is 26.2 Å². The van der Waals surface area contributed by atoms with Crippen molar-refractivity contribution in [3.05, 3.63) is 53.7 Å². The second-order valence-corrected chi connectivity index (χ2v) is 5.19. The van der Waals surface area contributed by atoms with E-state index in [9.17, 15) is 4.79 Å². The summed E-state index contributed by atoms with van der Waals surface area (Å²) < 4.78 is 0. The van der Waals surface area contributed by atoms with Crippen LogP contribution in [0.4, 0.5) is 0 Å². The molecule has 0 fully saturated rings. The molecule has 1 aliphatic carbocycles. The third kappa shape index (κ3) is 2.22. The van der Waals surface area contributed by atoms with Crippen LogP contribution < -0.4 is 5.32 Å². The van der Waals surface area contributed by atoms with Gasteiger partial charge in [-0.1, -0.05) is 42.5 Å². The number of carbonyl (C=O) groups excluding carboxylic acids is 1. The molecule has 0 aromatic heterocycles. The van der Waals surface area contributed by atoms with Crippen LogP contribution in [0.25, 0.3) is 16.3 Å². The first-order valence-corrected chi connectivity index (χ1v) is 7.29. The van der Waals surface area contributed by atoms with Gasteiger partial charge in [-0.15, -0.1) is 0 Å². The second kappa shape index (κ2) is 5.49. The first kappa shape index (κ1) is 12.9. The molecule has 2 aromatic rings. The lowest BCUT2D eigenvalue weighted by molar-refractivity contribution is -0.116. The van der Waals surface area contributed by atoms with Crippen LogP contribution in [-0.2, 0) is 4.79 Å². The summed E-state index contributed by atoms with van der Waals surface area (Å²) in [5.41, 5.74) is 3.21. The molecule has 0 spiro atoms. The van der Waals surface area contributed by atoms with E-state index in [1.54, 1.807) is 0 Å². The number of nitrogens with one attached hydrogen (secondary N) is 1. The molecule has 2 aromatic carbocycles. The minimum absolute atomic E-state index is 0.251. The van der Waals surface area contributed by atoms with Gasteiger partial charge in [0.05, 0.1) is 5.70 Å². The molecule has 0 heterocycles. The molecular weight excluding hydrogens is 246 g/mol. The topological polar surface area (TPSA) is 29.1 Å². The number of hydrogen-bond acceptors (Lipinski definition) is 2. The lowest BCUT2D eigenvalue weighted by Crippen LogP contribution is -2.24. The molecule has 0 saturated heterocycles. The van der Waals surface area contributed by atoms with Crippen molar-refractivity contribution < 1.29 is 4.79 Å². The number of hydrogen-bond donors (Lipinski definition) is 1. The third-order valence-electron chi connectivity index (χ3n) is 3.88. The fourth-order valence-corrected chi connectivity index (χ4v) is 2.98. The highest BCUT2D eigenvalue weighted by Gasteiger charge is 2.21. The van der Waals surface area contributed by atoms with Gasteiger partial charge in [0.1, 0.15) is 0 Å². The molecule has 2 nitrogen and oxygen atoms in total. The van der Waals surface area contributed by atoms with E-state index in [0.717, 1.165) is 25.1 Å². The third-order valence-corrected chi connectivity index (χ3v) is 3.88. The molecule has 2 heteroatoms. The van der Waals surface area contributed by atoms with E-state index >= 15 is 0 Å². The van der Waals surface area contributed by atoms with E-state index in [1.165, 1.54) is 21.9 Å². The first-order chi connectivity index (χ1) is 9.81. The lowest BCUT2D eigenvalue weighted by atomic mass is 9.87. The number of Topliss-reactive ketones (excluding diaryl/α,β-unsaturated/α-hetero) is 1. The van der Waals surface area contributed by atoms with Crippen molar-refractivity contribution >= 4 is 22.1 Å². The zero-order valence-corrected chi connectivity index (χ0v) is 11.8. The van der Waals surface area contributed by atoms with Crippen molar-refractivity contribution in [3.8, 4) is 0 Å². The quantitative estimate of drug-likeness (QED) is 0.911. The van der Waals surface area contributed by atoms with E-state index < -0.39 is 0 Å². The maximum absolute atomic E-state index is 12.2. The number of rotatable bonds is 3. The van der Waals surface area contributed by atoms with Gasteiger partial charge < -0.3 is 5.32 Å². The molecule has 3 rings (SSSR count). The van der Waals surface area contributed by atoms with Gasteiger partial charge in [0.25, 0.3) is 0 Å². The summed E-state index contributed by atoms with van der Waals surface area (Å²) in [6, 6.07) is 14.7. The largest absolute Gasteiger partial charge is 0.382 e. The minimum Gasteiger partial charge on any atom is -0.382 e. The van der Waals surface area contributed by atoms with Crippen molar-refractivity contribution in [1.29, 1.82) is 0 Å². The summed E-state index contributed by atoms with van der Waals surface area (Å²) in [4.78, 5) is 12.2. The van der Waals surface area contributed by atoms with Crippen LogP contribution >= 0.6 is 0 Å². The molecule has 1 N–H and O–H groups in total. The maximum Gasteiger partial charge on any atom is 0.178 e. The molecule has 1 aliphatic rings. The standard InChI is InChI=1S/C18H19NO/c1-2-19-18-16(11-6-12-17(18)20)15-10-5-8-13-7-3-4-9-14(13)15/h3-5,7-10,19H,2,6,11-12H2,1H3. The fourth-order valence-electron chi connectivity index (χ4n) is 2.98. The van der Waals surface area contributed by atoms with E-state index in [4.69, 9.17) is 0 Å². The van der Waals surface area contributed by atoms with Crippen LogP contribution in [0.3, 0.4) is 0 Å². The van der Waals surface area contributed by atoms with Gasteiger partial charge >= 0.3 is 0 Å². The Morgan fingerprint density at radius 2 is 1.85 bits per heavy atom. The Kier molecular flexibility index (Phi) is 3.55. The van der Waals surface area contributed by atoms with Gasteiger partial charge in [0, 0.05) is 13.0 Å². The van der Waals surface area contributed by atoms with E-state index in [0.29, 0.717) is 6.42 Å². The molecular formula is C18H19NO. The van der Waals surface area contributed by atoms with Crippen molar-refractivity contribution in [2.24, 2.45) is 0 Å². The summed E-state index contributed by atoms with van der Waals surface area (Å²) in [6.45, 7) is 2.82. The number of benzene rings is 2. The highest BCUT2D eigenvalue weighted by Crippen LogP contribution is 2.33. The summed E-state index contributed by atoms with van der Waals surface area (Å²) in [5.74, 6) is 0.251. The number of carbonyl (C=O) groups is 1. The highest BCUT2D eigenvalue weighted by atomic mass is 16.1. The summed E-state index contributed by atoms with van der Waals surface area (Å²) in [6.07, 6.45) is 2.59. The predicted molar refractivity (Wildman–Crippen MR) is 83.4 cm³/mol. The van der Waals surface area contributed by atoms with Gasteiger partial charge in [-0.25, -0.2) is 0 Å². The van der Waals surface area contributed by atoms with E-state index in [-0.39, 0.29) is 5.78 Å². The van der Waals surface area contributed by atoms with Gasteiger partial charge in [0.2, 0.25) is 0 Å². The Morgan fingerprint density at radius 1 is 1.05 bits per heavy atom. The molecule has 0 saturated carbocycles. The fraction of sp³-hybridized carbons (Fsp3) is 0.278. The van der Waals surface area contributed by atoms with Crippen LogP contribution in [0.5, 0.6) is 0 Å². The zero-order chi connectivity index (χ0) is 13.9. The number of fused-ring (bicyclic) bond motifs is 1. The molecule has 0 atom stereocenters. The average Bonchev–Trinajstić information content (AvgIpc) is 2.49. The van der Waals surface area contributed by atoms with Gasteiger partial charge in [0.15, 0.2) is 5.78 Å². The maximum atomic E-state index is 12.2. The Bertz CT molecular complexity index is 679. The Hall–Kier alpha value is -2.09.